The maximum absolute atomic E-state index is 6.67. The van der Waals surface area contributed by atoms with Crippen LogP contribution in [0.1, 0.15) is 6.92 Å². The summed E-state index contributed by atoms with van der Waals surface area (Å²) >= 11 is 0. The zero-order chi connectivity index (χ0) is 5.70. The zero-order valence-electron chi connectivity index (χ0n) is 4.44. The van der Waals surface area contributed by atoms with Gasteiger partial charge in [0.15, 0.2) is 0 Å². The fraction of sp³-hybridized carbons (Fsp3) is 0.167. The van der Waals surface area contributed by atoms with Crippen LogP contribution in [-0.4, -0.2) is 6.21 Å². The Hall–Kier alpha value is -0.850. The van der Waals surface area contributed by atoms with Crippen molar-refractivity contribution in [2.45, 2.75) is 6.92 Å². The zero-order valence-corrected chi connectivity index (χ0v) is 4.44. The van der Waals surface area contributed by atoms with Crippen LogP contribution in [0.3, 0.4) is 0 Å². The smallest absolute Gasteiger partial charge is 0.0207 e. The highest BCUT2D eigenvalue weighted by Crippen LogP contribution is 1.83. The monoisotopic (exact) mass is 95.1 g/mol. The standard InChI is InChI=1S/C6H9N/c1-3-4-6(2)5-7/h3-5,7H,1H2,2H3/b6-4+,7-5?. The van der Waals surface area contributed by atoms with Crippen LogP contribution in [0.5, 0.6) is 0 Å². The second kappa shape index (κ2) is 3.34. The molecule has 38 valence electrons. The third kappa shape index (κ3) is 2.97. The van der Waals surface area contributed by atoms with Crippen molar-refractivity contribution in [1.29, 1.82) is 5.41 Å². The lowest BCUT2D eigenvalue weighted by Gasteiger charge is -1.78. The summed E-state index contributed by atoms with van der Waals surface area (Å²) in [5.74, 6) is 0. The highest BCUT2D eigenvalue weighted by atomic mass is 14.3. The van der Waals surface area contributed by atoms with E-state index in [0.717, 1.165) is 5.57 Å². The first-order valence-electron chi connectivity index (χ1n) is 2.11. The van der Waals surface area contributed by atoms with Gasteiger partial charge in [0.2, 0.25) is 0 Å². The van der Waals surface area contributed by atoms with E-state index in [0.29, 0.717) is 0 Å². The normalized spacial score (nSPS) is 10.7. The van der Waals surface area contributed by atoms with Crippen molar-refractivity contribution >= 4 is 6.21 Å². The first-order chi connectivity index (χ1) is 3.31. The Morgan fingerprint density at radius 1 is 1.71 bits per heavy atom. The van der Waals surface area contributed by atoms with Crippen LogP contribution in [0.4, 0.5) is 0 Å². The molecule has 1 heteroatoms. The van der Waals surface area contributed by atoms with Crippen molar-refractivity contribution < 1.29 is 0 Å². The highest BCUT2D eigenvalue weighted by molar-refractivity contribution is 5.75. The van der Waals surface area contributed by atoms with Crippen LogP contribution in [0.2, 0.25) is 0 Å². The third-order valence-corrected chi connectivity index (χ3v) is 0.608. The minimum atomic E-state index is 0.926. The molecular weight excluding hydrogens is 86.1 g/mol. The van der Waals surface area contributed by atoms with Gasteiger partial charge in [0.25, 0.3) is 0 Å². The lowest BCUT2D eigenvalue weighted by molar-refractivity contribution is 1.51. The van der Waals surface area contributed by atoms with E-state index < -0.39 is 0 Å². The minimum absolute atomic E-state index is 0.926. The number of hydrogen-bond acceptors (Lipinski definition) is 1. The average molecular weight is 95.1 g/mol. The van der Waals surface area contributed by atoms with Gasteiger partial charge in [0.05, 0.1) is 0 Å². The van der Waals surface area contributed by atoms with Crippen LogP contribution in [0.25, 0.3) is 0 Å². The highest BCUT2D eigenvalue weighted by Gasteiger charge is 1.70. The largest absolute Gasteiger partial charge is 0.308 e. The van der Waals surface area contributed by atoms with Gasteiger partial charge in [0, 0.05) is 6.21 Å². The molecule has 0 rings (SSSR count). The van der Waals surface area contributed by atoms with Gasteiger partial charge in [-0.15, -0.1) is 0 Å². The SMILES string of the molecule is C=C/C=C(\C)C=N. The van der Waals surface area contributed by atoms with E-state index in [9.17, 15) is 0 Å². The first kappa shape index (κ1) is 6.15. The number of hydrogen-bond donors (Lipinski definition) is 1. The second-order valence-electron chi connectivity index (χ2n) is 1.29. The predicted octanol–water partition coefficient (Wildman–Crippen LogP) is 1.77. The van der Waals surface area contributed by atoms with Gasteiger partial charge in [0.1, 0.15) is 0 Å². The summed E-state index contributed by atoms with van der Waals surface area (Å²) in [6.07, 6.45) is 4.75. The van der Waals surface area contributed by atoms with Gasteiger partial charge in [-0.25, -0.2) is 0 Å². The van der Waals surface area contributed by atoms with E-state index in [1.54, 1.807) is 12.2 Å². The molecule has 7 heavy (non-hydrogen) atoms. The second-order valence-corrected chi connectivity index (χ2v) is 1.29. The van der Waals surface area contributed by atoms with Crippen molar-refractivity contribution in [3.8, 4) is 0 Å². The molecular formula is C6H9N. The third-order valence-electron chi connectivity index (χ3n) is 0.608. The van der Waals surface area contributed by atoms with E-state index in [-0.39, 0.29) is 0 Å². The summed E-state index contributed by atoms with van der Waals surface area (Å²) in [6.45, 7) is 5.32. The number of nitrogens with one attached hydrogen (secondary N) is 1. The molecule has 0 aliphatic carbocycles. The van der Waals surface area contributed by atoms with Gasteiger partial charge in [-0.1, -0.05) is 18.7 Å². The fourth-order valence-corrected chi connectivity index (χ4v) is 0.234. The van der Waals surface area contributed by atoms with Crippen molar-refractivity contribution in [2.24, 2.45) is 0 Å². The Labute approximate surface area is 43.9 Å². The summed E-state index contributed by atoms with van der Waals surface area (Å²) < 4.78 is 0. The number of allylic oxidation sites excluding steroid dienone is 3. The Bertz CT molecular complexity index is 101. The van der Waals surface area contributed by atoms with Crippen LogP contribution >= 0.6 is 0 Å². The van der Waals surface area contributed by atoms with E-state index in [2.05, 4.69) is 6.58 Å². The molecule has 0 atom stereocenters. The van der Waals surface area contributed by atoms with Crippen LogP contribution in [0.15, 0.2) is 24.3 Å². The molecule has 0 aliphatic rings. The van der Waals surface area contributed by atoms with Crippen molar-refractivity contribution in [3.63, 3.8) is 0 Å². The summed E-state index contributed by atoms with van der Waals surface area (Å²) in [6, 6.07) is 0. The lowest BCUT2D eigenvalue weighted by atomic mass is 10.3. The molecule has 0 saturated carbocycles. The molecule has 0 spiro atoms. The Balaban J connectivity index is 3.72. The Morgan fingerprint density at radius 3 is 2.43 bits per heavy atom. The average Bonchev–Trinajstić information content (AvgIpc) is 1.68. The maximum Gasteiger partial charge on any atom is 0.0207 e. The van der Waals surface area contributed by atoms with Gasteiger partial charge < -0.3 is 5.41 Å². The number of rotatable bonds is 2. The van der Waals surface area contributed by atoms with Crippen molar-refractivity contribution in [2.75, 3.05) is 0 Å². The molecule has 0 amide bonds. The van der Waals surface area contributed by atoms with E-state index in [1.165, 1.54) is 6.21 Å². The molecule has 0 fully saturated rings. The molecule has 0 aromatic rings. The Morgan fingerprint density at radius 2 is 2.29 bits per heavy atom. The summed E-state index contributed by atoms with van der Waals surface area (Å²) in [7, 11) is 0. The predicted molar refractivity (Wildman–Crippen MR) is 32.7 cm³/mol. The van der Waals surface area contributed by atoms with Crippen LogP contribution in [0, 0.1) is 5.41 Å². The summed E-state index contributed by atoms with van der Waals surface area (Å²) in [5, 5.41) is 6.67. The van der Waals surface area contributed by atoms with E-state index >= 15 is 0 Å². The van der Waals surface area contributed by atoms with E-state index in [4.69, 9.17) is 5.41 Å². The minimum Gasteiger partial charge on any atom is -0.308 e. The van der Waals surface area contributed by atoms with E-state index in [1.807, 2.05) is 6.92 Å². The first-order valence-corrected chi connectivity index (χ1v) is 2.11. The maximum atomic E-state index is 6.67. The van der Waals surface area contributed by atoms with Gasteiger partial charge in [-0.2, -0.15) is 0 Å². The molecule has 0 radical (unpaired) electrons. The molecule has 0 aromatic heterocycles. The van der Waals surface area contributed by atoms with Crippen molar-refractivity contribution in [3.05, 3.63) is 24.3 Å². The summed E-state index contributed by atoms with van der Waals surface area (Å²) in [4.78, 5) is 0. The Kier molecular flexibility index (Phi) is 2.94. The molecule has 0 aromatic carbocycles. The molecule has 0 saturated heterocycles. The van der Waals surface area contributed by atoms with Crippen LogP contribution in [-0.2, 0) is 0 Å². The van der Waals surface area contributed by atoms with Crippen LogP contribution < -0.4 is 0 Å². The van der Waals surface area contributed by atoms with Crippen molar-refractivity contribution in [1.82, 2.24) is 0 Å². The molecule has 1 N–H and O–H groups in total. The lowest BCUT2D eigenvalue weighted by Crippen LogP contribution is -1.69. The molecule has 0 heterocycles. The molecule has 0 bridgehead atoms. The molecule has 0 aliphatic heterocycles. The van der Waals surface area contributed by atoms with Gasteiger partial charge >= 0.3 is 0 Å². The quantitative estimate of drug-likeness (QED) is 0.399. The van der Waals surface area contributed by atoms with Gasteiger partial charge in [-0.05, 0) is 12.5 Å². The van der Waals surface area contributed by atoms with Gasteiger partial charge in [-0.3, -0.25) is 0 Å². The fourth-order valence-electron chi connectivity index (χ4n) is 0.234. The molecule has 0 unspecified atom stereocenters. The topological polar surface area (TPSA) is 23.9 Å². The summed E-state index contributed by atoms with van der Waals surface area (Å²) in [5.41, 5.74) is 0.926. The molecule has 1 nitrogen and oxygen atoms in total.